The Bertz CT molecular complexity index is 685. The van der Waals surface area contributed by atoms with Gasteiger partial charge in [0.1, 0.15) is 12.2 Å². The molecule has 3 amide bonds. The van der Waals surface area contributed by atoms with Crippen LogP contribution in [0.4, 0.5) is 0 Å². The number of carbonyl (C=O) groups excluding carboxylic acids is 3. The smallest absolute Gasteiger partial charge is 0.252 e. The van der Waals surface area contributed by atoms with E-state index < -0.39 is 0 Å². The second-order valence-electron chi connectivity index (χ2n) is 8.73. The maximum Gasteiger partial charge on any atom is 0.252 e. The van der Waals surface area contributed by atoms with Gasteiger partial charge in [-0.25, -0.2) is 0 Å². The lowest BCUT2D eigenvalue weighted by molar-refractivity contribution is -0.148. The summed E-state index contributed by atoms with van der Waals surface area (Å²) in [5.74, 6) is 0.215. The molecule has 3 fully saturated rings. The highest BCUT2D eigenvalue weighted by Crippen LogP contribution is 2.31. The van der Waals surface area contributed by atoms with E-state index in [0.29, 0.717) is 12.1 Å². The Labute approximate surface area is 167 Å². The number of carbonyl (C=O) groups is 3. The molecular formula is C21H32N4O3. The van der Waals surface area contributed by atoms with Gasteiger partial charge in [-0.15, -0.1) is 0 Å². The molecule has 4 aliphatic rings. The monoisotopic (exact) mass is 388 g/mol. The normalized spacial score (nSPS) is 30.6. The van der Waals surface area contributed by atoms with E-state index in [0.717, 1.165) is 58.0 Å². The van der Waals surface area contributed by atoms with Gasteiger partial charge < -0.3 is 19.6 Å². The van der Waals surface area contributed by atoms with E-state index in [1.54, 1.807) is 4.90 Å². The second kappa shape index (κ2) is 7.76. The fourth-order valence-corrected chi connectivity index (χ4v) is 5.29. The van der Waals surface area contributed by atoms with Crippen molar-refractivity contribution in [1.82, 2.24) is 19.6 Å². The molecule has 0 bridgehead atoms. The first-order valence-electron chi connectivity index (χ1n) is 10.8. The third-order valence-corrected chi connectivity index (χ3v) is 6.79. The number of hydrogen-bond donors (Lipinski definition) is 0. The van der Waals surface area contributed by atoms with Crippen LogP contribution in [0.3, 0.4) is 0 Å². The zero-order valence-electron chi connectivity index (χ0n) is 17.1. The average Bonchev–Trinajstić information content (AvgIpc) is 3.37. The molecule has 0 N–H and O–H groups in total. The SMILES string of the molecule is CC1=CN(CC(=O)N2CCC[C@H]2C(=O)N2CCCC2)C2CCC[C@H](C)N2C1=O. The van der Waals surface area contributed by atoms with Crippen molar-refractivity contribution in [2.24, 2.45) is 0 Å². The van der Waals surface area contributed by atoms with Crippen LogP contribution in [0, 0.1) is 0 Å². The van der Waals surface area contributed by atoms with Crippen LogP contribution in [0.1, 0.15) is 58.8 Å². The Balaban J connectivity index is 1.47. The zero-order valence-corrected chi connectivity index (χ0v) is 17.1. The first-order valence-corrected chi connectivity index (χ1v) is 10.8. The molecule has 0 aromatic rings. The molecule has 4 aliphatic heterocycles. The molecule has 0 spiro atoms. The second-order valence-corrected chi connectivity index (χ2v) is 8.73. The van der Waals surface area contributed by atoms with Gasteiger partial charge in [0.15, 0.2) is 0 Å². The molecule has 28 heavy (non-hydrogen) atoms. The van der Waals surface area contributed by atoms with Crippen LogP contribution in [0.25, 0.3) is 0 Å². The van der Waals surface area contributed by atoms with Crippen LogP contribution in [0.5, 0.6) is 0 Å². The van der Waals surface area contributed by atoms with Crippen molar-refractivity contribution in [3.05, 3.63) is 11.8 Å². The van der Waals surface area contributed by atoms with Crippen molar-refractivity contribution in [3.8, 4) is 0 Å². The molecule has 0 saturated carbocycles. The van der Waals surface area contributed by atoms with Crippen LogP contribution in [-0.4, -0.2) is 81.7 Å². The molecule has 4 rings (SSSR count). The molecule has 0 aromatic carbocycles. The summed E-state index contributed by atoms with van der Waals surface area (Å²) in [6.07, 6.45) is 8.55. The first kappa shape index (κ1) is 19.3. The van der Waals surface area contributed by atoms with Gasteiger partial charge in [-0.1, -0.05) is 0 Å². The van der Waals surface area contributed by atoms with Gasteiger partial charge in [-0.05, 0) is 58.8 Å². The number of likely N-dealkylation sites (tertiary alicyclic amines) is 2. The van der Waals surface area contributed by atoms with Crippen molar-refractivity contribution >= 4 is 17.7 Å². The molecule has 7 nitrogen and oxygen atoms in total. The van der Waals surface area contributed by atoms with Gasteiger partial charge in [0, 0.05) is 37.4 Å². The Morgan fingerprint density at radius 1 is 1.04 bits per heavy atom. The topological polar surface area (TPSA) is 64.2 Å². The van der Waals surface area contributed by atoms with Crippen molar-refractivity contribution in [2.45, 2.75) is 77.0 Å². The summed E-state index contributed by atoms with van der Waals surface area (Å²) >= 11 is 0. The van der Waals surface area contributed by atoms with Gasteiger partial charge >= 0.3 is 0 Å². The van der Waals surface area contributed by atoms with Crippen LogP contribution < -0.4 is 0 Å². The number of fused-ring (bicyclic) bond motifs is 1. The lowest BCUT2D eigenvalue weighted by atomic mass is 9.97. The predicted molar refractivity (Wildman–Crippen MR) is 105 cm³/mol. The summed E-state index contributed by atoms with van der Waals surface area (Å²) in [5.41, 5.74) is 0.684. The van der Waals surface area contributed by atoms with E-state index in [1.165, 1.54) is 0 Å². The van der Waals surface area contributed by atoms with Crippen molar-refractivity contribution in [1.29, 1.82) is 0 Å². The van der Waals surface area contributed by atoms with Gasteiger partial charge in [-0.3, -0.25) is 14.4 Å². The van der Waals surface area contributed by atoms with Gasteiger partial charge in [0.2, 0.25) is 11.8 Å². The van der Waals surface area contributed by atoms with E-state index in [-0.39, 0.29) is 42.5 Å². The molecule has 0 radical (unpaired) electrons. The molecule has 7 heteroatoms. The predicted octanol–water partition coefficient (Wildman–Crippen LogP) is 1.55. The van der Waals surface area contributed by atoms with E-state index >= 15 is 0 Å². The van der Waals surface area contributed by atoms with Crippen LogP contribution in [0.2, 0.25) is 0 Å². The summed E-state index contributed by atoms with van der Waals surface area (Å²) in [5, 5.41) is 0. The fraction of sp³-hybridized carbons (Fsp3) is 0.762. The van der Waals surface area contributed by atoms with E-state index in [4.69, 9.17) is 0 Å². The minimum absolute atomic E-state index is 0.00613. The van der Waals surface area contributed by atoms with E-state index in [9.17, 15) is 14.4 Å². The summed E-state index contributed by atoms with van der Waals surface area (Å²) < 4.78 is 0. The summed E-state index contributed by atoms with van der Waals surface area (Å²) in [4.78, 5) is 46.4. The Kier molecular flexibility index (Phi) is 5.34. The van der Waals surface area contributed by atoms with E-state index in [2.05, 4.69) is 6.92 Å². The van der Waals surface area contributed by atoms with Crippen LogP contribution >= 0.6 is 0 Å². The van der Waals surface area contributed by atoms with Crippen molar-refractivity contribution < 1.29 is 14.4 Å². The molecule has 3 saturated heterocycles. The highest BCUT2D eigenvalue weighted by Gasteiger charge is 2.41. The maximum atomic E-state index is 13.2. The maximum absolute atomic E-state index is 13.2. The molecule has 4 heterocycles. The lowest BCUT2D eigenvalue weighted by Crippen LogP contribution is -2.60. The molecular weight excluding hydrogens is 356 g/mol. The zero-order chi connectivity index (χ0) is 19.8. The number of nitrogens with zero attached hydrogens (tertiary/aromatic N) is 4. The van der Waals surface area contributed by atoms with Crippen LogP contribution in [-0.2, 0) is 14.4 Å². The summed E-state index contributed by atoms with van der Waals surface area (Å²) in [6, 6.07) is -0.104. The molecule has 0 aliphatic carbocycles. The van der Waals surface area contributed by atoms with Gasteiger partial charge in [0.05, 0.1) is 6.54 Å². The van der Waals surface area contributed by atoms with Gasteiger partial charge in [0.25, 0.3) is 5.91 Å². The van der Waals surface area contributed by atoms with E-state index in [1.807, 2.05) is 27.8 Å². The number of amides is 3. The molecule has 154 valence electrons. The fourth-order valence-electron chi connectivity index (χ4n) is 5.29. The largest absolute Gasteiger partial charge is 0.348 e. The average molecular weight is 389 g/mol. The Hall–Kier alpha value is -2.05. The van der Waals surface area contributed by atoms with Crippen molar-refractivity contribution in [2.75, 3.05) is 26.2 Å². The van der Waals surface area contributed by atoms with Crippen LogP contribution in [0.15, 0.2) is 11.8 Å². The third kappa shape index (κ3) is 3.40. The number of hydrogen-bond acceptors (Lipinski definition) is 4. The molecule has 0 aromatic heterocycles. The molecule has 3 atom stereocenters. The Morgan fingerprint density at radius 2 is 1.79 bits per heavy atom. The standard InChI is InChI=1S/C21H32N4O3/c1-15-13-23(18-9-5-7-16(2)25(18)20(15)27)14-19(26)24-12-6-8-17(24)21(28)22-10-3-4-11-22/h13,16-18H,3-12,14H2,1-2H3/t16-,17-,18?/m0/s1. The lowest BCUT2D eigenvalue weighted by Gasteiger charge is -2.48. The third-order valence-electron chi connectivity index (χ3n) is 6.79. The summed E-state index contributed by atoms with van der Waals surface area (Å²) in [7, 11) is 0. The number of piperidine rings is 1. The highest BCUT2D eigenvalue weighted by molar-refractivity contribution is 5.94. The number of rotatable bonds is 3. The first-order chi connectivity index (χ1) is 13.5. The molecule has 1 unspecified atom stereocenters. The minimum atomic E-state index is -0.302. The quantitative estimate of drug-likeness (QED) is 0.736. The minimum Gasteiger partial charge on any atom is -0.348 e. The highest BCUT2D eigenvalue weighted by atomic mass is 16.2. The van der Waals surface area contributed by atoms with Crippen molar-refractivity contribution in [3.63, 3.8) is 0 Å². The summed E-state index contributed by atoms with van der Waals surface area (Å²) in [6.45, 7) is 6.46. The van der Waals surface area contributed by atoms with Gasteiger partial charge in [-0.2, -0.15) is 0 Å². The Morgan fingerprint density at radius 3 is 2.54 bits per heavy atom.